The summed E-state index contributed by atoms with van der Waals surface area (Å²) in [6.45, 7) is 0. The third-order valence-corrected chi connectivity index (χ3v) is 1.67. The standard InChI is InChI=1S/C3H2IN3O3/c4-7-2(9)5-1(8)6-3(7)10/h(H2,5,6,8,9,10). The Hall–Kier alpha value is -0.860. The summed E-state index contributed by atoms with van der Waals surface area (Å²) in [6.07, 6.45) is 0. The highest BCUT2D eigenvalue weighted by atomic mass is 127. The molecule has 1 aromatic rings. The molecule has 0 fully saturated rings. The zero-order valence-corrected chi connectivity index (χ0v) is 6.71. The topological polar surface area (TPSA) is 87.7 Å². The summed E-state index contributed by atoms with van der Waals surface area (Å²) >= 11 is 1.48. The zero-order valence-electron chi connectivity index (χ0n) is 4.55. The lowest BCUT2D eigenvalue weighted by Gasteiger charge is -1.86. The van der Waals surface area contributed by atoms with E-state index in [-0.39, 0.29) is 0 Å². The van der Waals surface area contributed by atoms with Crippen molar-refractivity contribution in [2.24, 2.45) is 0 Å². The van der Waals surface area contributed by atoms with E-state index < -0.39 is 17.1 Å². The van der Waals surface area contributed by atoms with Crippen molar-refractivity contribution in [2.75, 3.05) is 0 Å². The lowest BCUT2D eigenvalue weighted by molar-refractivity contribution is 0.872. The summed E-state index contributed by atoms with van der Waals surface area (Å²) in [5.74, 6) is 0. The molecule has 0 saturated heterocycles. The molecule has 1 rings (SSSR count). The first-order chi connectivity index (χ1) is 4.61. The summed E-state index contributed by atoms with van der Waals surface area (Å²) in [4.78, 5) is 35.2. The Balaban J connectivity index is 3.80. The fourth-order valence-corrected chi connectivity index (χ4v) is 0.657. The molecule has 0 amide bonds. The van der Waals surface area contributed by atoms with E-state index in [2.05, 4.69) is 0 Å². The summed E-state index contributed by atoms with van der Waals surface area (Å²) in [5.41, 5.74) is -2.24. The number of nitrogens with one attached hydrogen (secondary N) is 2. The molecule has 0 unspecified atom stereocenters. The molecule has 7 heteroatoms. The lowest BCUT2D eigenvalue weighted by atomic mass is 11.0. The van der Waals surface area contributed by atoms with E-state index in [1.165, 1.54) is 22.9 Å². The number of aromatic amines is 2. The second kappa shape index (κ2) is 2.40. The number of hydrogen-bond donors (Lipinski definition) is 2. The number of nitrogens with zero attached hydrogens (tertiary/aromatic N) is 1. The number of rotatable bonds is 0. The van der Waals surface area contributed by atoms with Crippen LogP contribution in [0.1, 0.15) is 0 Å². The van der Waals surface area contributed by atoms with Crippen molar-refractivity contribution in [3.8, 4) is 0 Å². The lowest BCUT2D eigenvalue weighted by Crippen LogP contribution is -2.38. The van der Waals surface area contributed by atoms with Gasteiger partial charge in [-0.3, -0.25) is 9.97 Å². The van der Waals surface area contributed by atoms with Crippen LogP contribution >= 0.6 is 22.9 Å². The van der Waals surface area contributed by atoms with Gasteiger partial charge in [0.2, 0.25) is 0 Å². The first-order valence-corrected chi connectivity index (χ1v) is 3.19. The van der Waals surface area contributed by atoms with Gasteiger partial charge in [-0.05, 0) is 0 Å². The maximum absolute atomic E-state index is 10.5. The molecule has 0 aliphatic rings. The van der Waals surface area contributed by atoms with Crippen LogP contribution in [0.4, 0.5) is 0 Å². The van der Waals surface area contributed by atoms with Crippen molar-refractivity contribution in [1.82, 2.24) is 12.7 Å². The van der Waals surface area contributed by atoms with Crippen molar-refractivity contribution in [1.29, 1.82) is 0 Å². The van der Waals surface area contributed by atoms with E-state index in [0.29, 0.717) is 0 Å². The Kier molecular flexibility index (Phi) is 1.74. The average Bonchev–Trinajstić information content (AvgIpc) is 1.82. The fourth-order valence-electron chi connectivity index (χ4n) is 0.416. The zero-order chi connectivity index (χ0) is 7.72. The van der Waals surface area contributed by atoms with E-state index >= 15 is 0 Å². The molecule has 0 aliphatic heterocycles. The average molecular weight is 255 g/mol. The minimum Gasteiger partial charge on any atom is -0.258 e. The van der Waals surface area contributed by atoms with E-state index in [9.17, 15) is 14.4 Å². The van der Waals surface area contributed by atoms with Crippen LogP contribution in [0.15, 0.2) is 14.4 Å². The smallest absolute Gasteiger partial charge is 0.258 e. The minimum atomic E-state index is -0.789. The molecule has 0 aromatic carbocycles. The van der Waals surface area contributed by atoms with Gasteiger partial charge in [0.05, 0.1) is 22.9 Å². The number of hydrogen-bond acceptors (Lipinski definition) is 3. The maximum atomic E-state index is 10.5. The van der Waals surface area contributed by atoms with Crippen LogP contribution in [0.25, 0.3) is 0 Å². The van der Waals surface area contributed by atoms with Gasteiger partial charge in [-0.25, -0.2) is 14.4 Å². The second-order valence-electron chi connectivity index (χ2n) is 1.47. The first-order valence-electron chi connectivity index (χ1n) is 2.23. The van der Waals surface area contributed by atoms with Crippen LogP contribution in [0.3, 0.4) is 0 Å². The SMILES string of the molecule is O=c1[nH]c(=O)n(I)c(=O)[nH]1. The third kappa shape index (κ3) is 1.17. The van der Waals surface area contributed by atoms with Crippen LogP contribution in [0, 0.1) is 0 Å². The molecule has 0 spiro atoms. The van der Waals surface area contributed by atoms with Crippen LogP contribution < -0.4 is 17.1 Å². The molecule has 0 radical (unpaired) electrons. The van der Waals surface area contributed by atoms with Crippen LogP contribution in [-0.2, 0) is 0 Å². The van der Waals surface area contributed by atoms with Gasteiger partial charge in [-0.15, -0.1) is 0 Å². The molecule has 0 aliphatic carbocycles. The summed E-state index contributed by atoms with van der Waals surface area (Å²) < 4.78 is 0.735. The molecule has 1 aromatic heterocycles. The van der Waals surface area contributed by atoms with Gasteiger partial charge < -0.3 is 0 Å². The molecule has 2 N–H and O–H groups in total. The monoisotopic (exact) mass is 255 g/mol. The normalized spacial score (nSPS) is 9.70. The molecule has 6 nitrogen and oxygen atoms in total. The molecule has 1 heterocycles. The Labute approximate surface area is 67.4 Å². The van der Waals surface area contributed by atoms with Gasteiger partial charge in [0, 0.05) is 0 Å². The molecule has 54 valence electrons. The molecule has 10 heavy (non-hydrogen) atoms. The highest BCUT2D eigenvalue weighted by molar-refractivity contribution is 14.1. The Morgan fingerprint density at radius 2 is 1.50 bits per heavy atom. The van der Waals surface area contributed by atoms with Gasteiger partial charge in [0.25, 0.3) is 0 Å². The third-order valence-electron chi connectivity index (χ3n) is 0.798. The van der Waals surface area contributed by atoms with Crippen molar-refractivity contribution >= 4 is 22.9 Å². The van der Waals surface area contributed by atoms with E-state index in [1.807, 2.05) is 9.97 Å². The van der Waals surface area contributed by atoms with Crippen molar-refractivity contribution in [3.63, 3.8) is 0 Å². The van der Waals surface area contributed by atoms with E-state index in [0.717, 1.165) is 2.78 Å². The van der Waals surface area contributed by atoms with E-state index in [4.69, 9.17) is 0 Å². The van der Waals surface area contributed by atoms with Crippen LogP contribution in [-0.4, -0.2) is 12.7 Å². The van der Waals surface area contributed by atoms with Gasteiger partial charge in [0.15, 0.2) is 0 Å². The quantitative estimate of drug-likeness (QED) is 0.548. The first kappa shape index (κ1) is 7.25. The van der Waals surface area contributed by atoms with Gasteiger partial charge in [0.1, 0.15) is 0 Å². The maximum Gasteiger partial charge on any atom is 0.342 e. The largest absolute Gasteiger partial charge is 0.342 e. The van der Waals surface area contributed by atoms with Gasteiger partial charge >= 0.3 is 17.1 Å². The number of halogens is 1. The molecular formula is C3H2IN3O3. The van der Waals surface area contributed by atoms with Crippen molar-refractivity contribution < 1.29 is 0 Å². The van der Waals surface area contributed by atoms with Crippen LogP contribution in [0.5, 0.6) is 0 Å². The summed E-state index contributed by atoms with van der Waals surface area (Å²) in [6, 6.07) is 0. The van der Waals surface area contributed by atoms with E-state index in [1.54, 1.807) is 0 Å². The van der Waals surface area contributed by atoms with Gasteiger partial charge in [-0.2, -0.15) is 2.78 Å². The number of aromatic nitrogens is 3. The molecular weight excluding hydrogens is 253 g/mol. The van der Waals surface area contributed by atoms with Crippen molar-refractivity contribution in [2.45, 2.75) is 0 Å². The predicted molar refractivity (Wildman–Crippen MR) is 41.4 cm³/mol. The van der Waals surface area contributed by atoms with Crippen molar-refractivity contribution in [3.05, 3.63) is 31.5 Å². The number of H-pyrrole nitrogens is 2. The minimum absolute atomic E-state index is 0.727. The predicted octanol–water partition coefficient (Wildman–Crippen LogP) is -1.58. The fraction of sp³-hybridized carbons (Fsp3) is 0. The molecule has 0 saturated carbocycles. The molecule has 0 atom stereocenters. The second-order valence-corrected chi connectivity index (χ2v) is 2.44. The molecule has 0 bridgehead atoms. The van der Waals surface area contributed by atoms with Gasteiger partial charge in [-0.1, -0.05) is 0 Å². The highest BCUT2D eigenvalue weighted by Gasteiger charge is 1.95. The van der Waals surface area contributed by atoms with Crippen LogP contribution in [0.2, 0.25) is 0 Å². The summed E-state index contributed by atoms with van der Waals surface area (Å²) in [5, 5.41) is 0. The summed E-state index contributed by atoms with van der Waals surface area (Å²) in [7, 11) is 0. The Bertz CT molecular complexity index is 364. The Morgan fingerprint density at radius 1 is 1.10 bits per heavy atom. The highest BCUT2D eigenvalue weighted by Crippen LogP contribution is 1.70. The Morgan fingerprint density at radius 3 is 1.90 bits per heavy atom.